The van der Waals surface area contributed by atoms with Gasteiger partial charge in [0.25, 0.3) is 5.91 Å². The summed E-state index contributed by atoms with van der Waals surface area (Å²) >= 11 is 0. The summed E-state index contributed by atoms with van der Waals surface area (Å²) in [5, 5.41) is 6.32. The van der Waals surface area contributed by atoms with E-state index in [1.165, 1.54) is 6.20 Å². The van der Waals surface area contributed by atoms with Crippen LogP contribution in [0.1, 0.15) is 28.0 Å². The Morgan fingerprint density at radius 2 is 2.07 bits per heavy atom. The summed E-state index contributed by atoms with van der Waals surface area (Å²) in [6.45, 7) is 7.69. The summed E-state index contributed by atoms with van der Waals surface area (Å²) in [6.07, 6.45) is 4.10. The highest BCUT2D eigenvalue weighted by atomic mass is 16.5. The van der Waals surface area contributed by atoms with Crippen LogP contribution in [0.5, 0.6) is 0 Å². The second kappa shape index (κ2) is 10.0. The standard InChI is InChI=1S/C20H28N6O2/c1-15-3-4-16(11-18(15)24-12-17-13-25-19(21)14-23-17)20(27)22-5-2-6-26-7-9-28-10-8-26/h3-4,11,13-14,24H,2,5-10,12H2,1H3,(H2,21,25)(H,22,27). The fourth-order valence-electron chi connectivity index (χ4n) is 3.03. The zero-order valence-corrected chi connectivity index (χ0v) is 16.3. The lowest BCUT2D eigenvalue weighted by Crippen LogP contribution is -2.38. The molecule has 1 fully saturated rings. The summed E-state index contributed by atoms with van der Waals surface area (Å²) in [7, 11) is 0. The molecule has 1 amide bonds. The van der Waals surface area contributed by atoms with Gasteiger partial charge in [-0.05, 0) is 37.6 Å². The molecule has 0 radical (unpaired) electrons. The van der Waals surface area contributed by atoms with E-state index in [9.17, 15) is 4.79 Å². The van der Waals surface area contributed by atoms with Gasteiger partial charge in [-0.15, -0.1) is 0 Å². The number of benzene rings is 1. The summed E-state index contributed by atoms with van der Waals surface area (Å²) < 4.78 is 5.35. The smallest absolute Gasteiger partial charge is 0.251 e. The van der Waals surface area contributed by atoms with Gasteiger partial charge in [-0.25, -0.2) is 4.98 Å². The quantitative estimate of drug-likeness (QED) is 0.591. The number of hydrogen-bond donors (Lipinski definition) is 3. The fourth-order valence-corrected chi connectivity index (χ4v) is 3.03. The molecule has 0 atom stereocenters. The normalized spacial score (nSPS) is 14.6. The van der Waals surface area contributed by atoms with Crippen LogP contribution in [-0.2, 0) is 11.3 Å². The van der Waals surface area contributed by atoms with Crippen molar-refractivity contribution in [2.24, 2.45) is 0 Å². The highest BCUT2D eigenvalue weighted by Crippen LogP contribution is 2.18. The summed E-state index contributed by atoms with van der Waals surface area (Å²) in [5.74, 6) is 0.338. The van der Waals surface area contributed by atoms with E-state index >= 15 is 0 Å². The van der Waals surface area contributed by atoms with Crippen molar-refractivity contribution >= 4 is 17.4 Å². The Morgan fingerprint density at radius 3 is 2.82 bits per heavy atom. The topological polar surface area (TPSA) is 105 Å². The van der Waals surface area contributed by atoms with Crippen LogP contribution in [0.4, 0.5) is 11.5 Å². The number of nitrogens with two attached hydrogens (primary N) is 1. The first-order valence-electron chi connectivity index (χ1n) is 9.61. The van der Waals surface area contributed by atoms with E-state index < -0.39 is 0 Å². The molecule has 8 heteroatoms. The molecule has 1 saturated heterocycles. The average molecular weight is 384 g/mol. The van der Waals surface area contributed by atoms with Gasteiger partial charge in [-0.1, -0.05) is 6.07 Å². The van der Waals surface area contributed by atoms with E-state index in [0.717, 1.165) is 56.2 Å². The van der Waals surface area contributed by atoms with Crippen LogP contribution in [0.15, 0.2) is 30.6 Å². The van der Waals surface area contributed by atoms with Gasteiger partial charge in [-0.3, -0.25) is 14.7 Å². The number of ether oxygens (including phenoxy) is 1. The molecule has 1 aromatic heterocycles. The SMILES string of the molecule is Cc1ccc(C(=O)NCCCN2CCOCC2)cc1NCc1cnc(N)cn1. The number of nitrogen functional groups attached to an aromatic ring is 1. The van der Waals surface area contributed by atoms with Gasteiger partial charge in [0.15, 0.2) is 0 Å². The maximum Gasteiger partial charge on any atom is 0.251 e. The lowest BCUT2D eigenvalue weighted by atomic mass is 10.1. The number of hydrogen-bond acceptors (Lipinski definition) is 7. The number of anilines is 2. The number of amides is 1. The average Bonchev–Trinajstić information content (AvgIpc) is 2.72. The second-order valence-electron chi connectivity index (χ2n) is 6.88. The number of aryl methyl sites for hydroxylation is 1. The van der Waals surface area contributed by atoms with Crippen molar-refractivity contribution in [3.63, 3.8) is 0 Å². The number of nitrogens with zero attached hydrogens (tertiary/aromatic N) is 3. The Balaban J connectivity index is 1.48. The van der Waals surface area contributed by atoms with Crippen LogP contribution in [-0.4, -0.2) is 60.2 Å². The Labute approximate surface area is 165 Å². The largest absolute Gasteiger partial charge is 0.382 e. The van der Waals surface area contributed by atoms with Crippen molar-refractivity contribution in [1.29, 1.82) is 0 Å². The highest BCUT2D eigenvalue weighted by Gasteiger charge is 2.11. The number of carbonyl (C=O) groups excluding carboxylic acids is 1. The Hall–Kier alpha value is -2.71. The van der Waals surface area contributed by atoms with Crippen molar-refractivity contribution < 1.29 is 9.53 Å². The molecule has 4 N–H and O–H groups in total. The third kappa shape index (κ3) is 5.90. The Kier molecular flexibility index (Phi) is 7.16. The van der Waals surface area contributed by atoms with E-state index in [0.29, 0.717) is 24.5 Å². The number of rotatable bonds is 8. The van der Waals surface area contributed by atoms with E-state index in [4.69, 9.17) is 10.5 Å². The first-order chi connectivity index (χ1) is 13.6. The molecule has 0 saturated carbocycles. The third-order valence-electron chi connectivity index (χ3n) is 4.73. The van der Waals surface area contributed by atoms with E-state index in [1.54, 1.807) is 6.20 Å². The molecule has 1 aliphatic heterocycles. The minimum absolute atomic E-state index is 0.0581. The molecule has 0 spiro atoms. The van der Waals surface area contributed by atoms with Crippen LogP contribution in [0.25, 0.3) is 0 Å². The predicted molar refractivity (Wildman–Crippen MR) is 109 cm³/mol. The van der Waals surface area contributed by atoms with Crippen LogP contribution in [0.2, 0.25) is 0 Å². The molecule has 150 valence electrons. The molecule has 2 aromatic rings. The van der Waals surface area contributed by atoms with Gasteiger partial charge in [0, 0.05) is 30.9 Å². The first kappa shape index (κ1) is 20.0. The zero-order chi connectivity index (χ0) is 19.8. The molecule has 1 aliphatic rings. The minimum Gasteiger partial charge on any atom is -0.382 e. The van der Waals surface area contributed by atoms with Crippen molar-refractivity contribution in [2.45, 2.75) is 19.9 Å². The lowest BCUT2D eigenvalue weighted by Gasteiger charge is -2.26. The Morgan fingerprint density at radius 1 is 1.25 bits per heavy atom. The highest BCUT2D eigenvalue weighted by molar-refractivity contribution is 5.95. The summed E-state index contributed by atoms with van der Waals surface area (Å²) in [4.78, 5) is 23.1. The third-order valence-corrected chi connectivity index (χ3v) is 4.73. The van der Waals surface area contributed by atoms with Crippen molar-refractivity contribution in [2.75, 3.05) is 50.4 Å². The summed E-state index contributed by atoms with van der Waals surface area (Å²) in [6, 6.07) is 5.66. The Bertz CT molecular complexity index is 775. The van der Waals surface area contributed by atoms with E-state index in [1.807, 2.05) is 25.1 Å². The first-order valence-corrected chi connectivity index (χ1v) is 9.61. The molecular formula is C20H28N6O2. The lowest BCUT2D eigenvalue weighted by molar-refractivity contribution is 0.0374. The van der Waals surface area contributed by atoms with Crippen LogP contribution in [0, 0.1) is 6.92 Å². The van der Waals surface area contributed by atoms with Gasteiger partial charge in [0.1, 0.15) is 5.82 Å². The number of nitrogens with one attached hydrogen (secondary N) is 2. The van der Waals surface area contributed by atoms with E-state index in [2.05, 4.69) is 25.5 Å². The molecule has 0 aliphatic carbocycles. The van der Waals surface area contributed by atoms with Gasteiger partial charge >= 0.3 is 0 Å². The second-order valence-corrected chi connectivity index (χ2v) is 6.88. The predicted octanol–water partition coefficient (Wildman–Crippen LogP) is 1.43. The number of carbonyl (C=O) groups is 1. The molecule has 1 aromatic carbocycles. The summed E-state index contributed by atoms with van der Waals surface area (Å²) in [5.41, 5.74) is 8.95. The maximum absolute atomic E-state index is 12.5. The van der Waals surface area contributed by atoms with Gasteiger partial charge in [0.2, 0.25) is 0 Å². The van der Waals surface area contributed by atoms with E-state index in [-0.39, 0.29) is 5.91 Å². The van der Waals surface area contributed by atoms with Crippen LogP contribution in [0.3, 0.4) is 0 Å². The monoisotopic (exact) mass is 384 g/mol. The fraction of sp³-hybridized carbons (Fsp3) is 0.450. The molecule has 0 bridgehead atoms. The molecule has 28 heavy (non-hydrogen) atoms. The molecule has 3 rings (SSSR count). The minimum atomic E-state index is -0.0581. The van der Waals surface area contributed by atoms with Crippen molar-refractivity contribution in [3.8, 4) is 0 Å². The van der Waals surface area contributed by atoms with Gasteiger partial charge < -0.3 is 21.1 Å². The van der Waals surface area contributed by atoms with Crippen LogP contribution >= 0.6 is 0 Å². The molecular weight excluding hydrogens is 356 g/mol. The van der Waals surface area contributed by atoms with Crippen molar-refractivity contribution in [1.82, 2.24) is 20.2 Å². The van der Waals surface area contributed by atoms with Gasteiger partial charge in [-0.2, -0.15) is 0 Å². The molecule has 8 nitrogen and oxygen atoms in total. The van der Waals surface area contributed by atoms with Crippen molar-refractivity contribution in [3.05, 3.63) is 47.4 Å². The zero-order valence-electron chi connectivity index (χ0n) is 16.3. The van der Waals surface area contributed by atoms with Crippen LogP contribution < -0.4 is 16.4 Å². The maximum atomic E-state index is 12.5. The molecule has 0 unspecified atom stereocenters. The molecule has 2 heterocycles. The number of morpholine rings is 1. The van der Waals surface area contributed by atoms with Gasteiger partial charge in [0.05, 0.1) is 37.8 Å². The number of aromatic nitrogens is 2.